The minimum atomic E-state index is -0.564. The second-order valence-corrected chi connectivity index (χ2v) is 8.99. The van der Waals surface area contributed by atoms with Gasteiger partial charge in [0.2, 0.25) is 0 Å². The number of anilines is 2. The summed E-state index contributed by atoms with van der Waals surface area (Å²) in [5.74, 6) is 0.337. The second kappa shape index (κ2) is 8.64. The van der Waals surface area contributed by atoms with E-state index in [0.717, 1.165) is 11.3 Å². The van der Waals surface area contributed by atoms with Crippen LogP contribution in [0.3, 0.4) is 0 Å². The summed E-state index contributed by atoms with van der Waals surface area (Å²) in [6.07, 6.45) is 3.28. The molecule has 2 aliphatic rings. The van der Waals surface area contributed by atoms with E-state index < -0.39 is 10.5 Å². The maximum Gasteiger partial charge on any atom is 0.410 e. The van der Waals surface area contributed by atoms with E-state index in [0.29, 0.717) is 45.0 Å². The molecule has 4 rings (SSSR count). The van der Waals surface area contributed by atoms with Crippen LogP contribution in [0.25, 0.3) is 0 Å². The first kappa shape index (κ1) is 22.4. The first-order valence-corrected chi connectivity index (χ1v) is 10.8. The molecule has 11 heteroatoms. The lowest BCUT2D eigenvalue weighted by Gasteiger charge is -2.35. The van der Waals surface area contributed by atoms with Crippen molar-refractivity contribution in [2.75, 3.05) is 37.6 Å². The Bertz CT molecular complexity index is 1070. The number of fused-ring (bicyclic) bond motifs is 1. The highest BCUT2D eigenvalue weighted by Crippen LogP contribution is 2.35. The van der Waals surface area contributed by atoms with Crippen LogP contribution in [0.4, 0.5) is 22.0 Å². The van der Waals surface area contributed by atoms with E-state index in [-0.39, 0.29) is 23.4 Å². The standard InChI is InChI=1S/C22H26N6O5/c1-22(2,3)33-21(30)26-10-8-25(9-11-26)20(29)17-13-24-19(14-23-17)27-7-6-15-12-16(28(31)32)4-5-18(15)27/h4-5,12-14H,6-11H2,1-3H3. The number of non-ortho nitro benzene ring substituents is 1. The number of rotatable bonds is 3. The summed E-state index contributed by atoms with van der Waals surface area (Å²) < 4.78 is 5.39. The molecule has 0 N–H and O–H groups in total. The SMILES string of the molecule is CC(C)(C)OC(=O)N1CCN(C(=O)c2cnc(N3CCc4cc([N+](=O)[O-])ccc43)cn2)CC1. The van der Waals surface area contributed by atoms with E-state index in [4.69, 9.17) is 4.74 Å². The predicted molar refractivity (Wildman–Crippen MR) is 120 cm³/mol. The van der Waals surface area contributed by atoms with Gasteiger partial charge in [0.1, 0.15) is 11.3 Å². The van der Waals surface area contributed by atoms with Gasteiger partial charge in [-0.2, -0.15) is 0 Å². The molecule has 0 spiro atoms. The Morgan fingerprint density at radius 1 is 1.03 bits per heavy atom. The van der Waals surface area contributed by atoms with Crippen molar-refractivity contribution in [2.45, 2.75) is 32.8 Å². The Balaban J connectivity index is 1.38. The van der Waals surface area contributed by atoms with Crippen LogP contribution < -0.4 is 4.90 Å². The van der Waals surface area contributed by atoms with Crippen LogP contribution in [-0.2, 0) is 11.2 Å². The van der Waals surface area contributed by atoms with Crippen LogP contribution in [0.5, 0.6) is 0 Å². The number of piperazine rings is 1. The van der Waals surface area contributed by atoms with Gasteiger partial charge in [-0.15, -0.1) is 0 Å². The summed E-state index contributed by atoms with van der Waals surface area (Å²) in [5.41, 5.74) is 1.47. The summed E-state index contributed by atoms with van der Waals surface area (Å²) in [6, 6.07) is 4.77. The van der Waals surface area contributed by atoms with Gasteiger partial charge in [0, 0.05) is 50.5 Å². The van der Waals surface area contributed by atoms with Crippen molar-refractivity contribution in [3.05, 3.63) is 52.0 Å². The monoisotopic (exact) mass is 454 g/mol. The zero-order valence-electron chi connectivity index (χ0n) is 18.9. The van der Waals surface area contributed by atoms with E-state index in [1.54, 1.807) is 28.1 Å². The Morgan fingerprint density at radius 2 is 1.73 bits per heavy atom. The molecule has 11 nitrogen and oxygen atoms in total. The zero-order valence-corrected chi connectivity index (χ0v) is 18.9. The first-order valence-electron chi connectivity index (χ1n) is 10.8. The van der Waals surface area contributed by atoms with Crippen LogP contribution in [0.15, 0.2) is 30.6 Å². The van der Waals surface area contributed by atoms with Crippen LogP contribution in [-0.4, -0.2) is 75.0 Å². The van der Waals surface area contributed by atoms with Crippen molar-refractivity contribution in [3.63, 3.8) is 0 Å². The molecule has 3 heterocycles. The molecule has 33 heavy (non-hydrogen) atoms. The number of nitro benzene ring substituents is 1. The van der Waals surface area contributed by atoms with Crippen molar-refractivity contribution >= 4 is 29.2 Å². The average molecular weight is 454 g/mol. The topological polar surface area (TPSA) is 122 Å². The third-order valence-corrected chi connectivity index (χ3v) is 5.52. The first-order chi connectivity index (χ1) is 15.6. The van der Waals surface area contributed by atoms with Crippen LogP contribution in [0, 0.1) is 10.1 Å². The van der Waals surface area contributed by atoms with Gasteiger partial charge in [0.25, 0.3) is 11.6 Å². The fraction of sp³-hybridized carbons (Fsp3) is 0.455. The maximum absolute atomic E-state index is 12.8. The van der Waals surface area contributed by atoms with Crippen LogP contribution >= 0.6 is 0 Å². The van der Waals surface area contributed by atoms with Crippen LogP contribution in [0.1, 0.15) is 36.8 Å². The Morgan fingerprint density at radius 3 is 2.33 bits per heavy atom. The third kappa shape index (κ3) is 4.86. The second-order valence-electron chi connectivity index (χ2n) is 8.99. The minimum Gasteiger partial charge on any atom is -0.444 e. The van der Waals surface area contributed by atoms with Crippen LogP contribution in [0.2, 0.25) is 0 Å². The summed E-state index contributed by atoms with van der Waals surface area (Å²) in [4.78, 5) is 49.5. The molecule has 1 aromatic heterocycles. The molecular weight excluding hydrogens is 428 g/mol. The fourth-order valence-corrected chi connectivity index (χ4v) is 3.89. The summed E-state index contributed by atoms with van der Waals surface area (Å²) in [6.45, 7) is 7.64. The Kier molecular flexibility index (Phi) is 5.88. The maximum atomic E-state index is 12.8. The molecule has 0 atom stereocenters. The van der Waals surface area contributed by atoms with E-state index in [1.807, 2.05) is 25.7 Å². The van der Waals surface area contributed by atoms with Crippen molar-refractivity contribution in [1.29, 1.82) is 0 Å². The molecular formula is C22H26N6O5. The third-order valence-electron chi connectivity index (χ3n) is 5.52. The van der Waals surface area contributed by atoms with Gasteiger partial charge < -0.3 is 19.4 Å². The molecule has 1 fully saturated rings. The number of nitro groups is 1. The molecule has 0 bridgehead atoms. The Labute approximate surface area is 191 Å². The smallest absolute Gasteiger partial charge is 0.410 e. The van der Waals surface area contributed by atoms with Gasteiger partial charge in [-0.3, -0.25) is 14.9 Å². The van der Waals surface area contributed by atoms with Gasteiger partial charge >= 0.3 is 6.09 Å². The average Bonchev–Trinajstić information content (AvgIpc) is 3.21. The molecule has 2 amide bonds. The molecule has 0 unspecified atom stereocenters. The normalized spacial score (nSPS) is 15.9. The number of carbonyl (C=O) groups excluding carboxylic acids is 2. The zero-order chi connectivity index (χ0) is 23.8. The highest BCUT2D eigenvalue weighted by molar-refractivity contribution is 5.92. The molecule has 1 aromatic carbocycles. The molecule has 0 aliphatic carbocycles. The van der Waals surface area contributed by atoms with E-state index in [1.165, 1.54) is 12.3 Å². The van der Waals surface area contributed by atoms with E-state index in [2.05, 4.69) is 9.97 Å². The molecule has 2 aromatic rings. The quantitative estimate of drug-likeness (QED) is 0.513. The molecule has 174 valence electrons. The molecule has 2 aliphatic heterocycles. The lowest BCUT2D eigenvalue weighted by molar-refractivity contribution is -0.384. The summed E-state index contributed by atoms with van der Waals surface area (Å²) in [7, 11) is 0. The van der Waals surface area contributed by atoms with Gasteiger partial charge in [-0.1, -0.05) is 0 Å². The molecule has 1 saturated heterocycles. The number of ether oxygens (including phenoxy) is 1. The number of hydrogen-bond acceptors (Lipinski definition) is 8. The van der Waals surface area contributed by atoms with Gasteiger partial charge in [0.15, 0.2) is 5.82 Å². The van der Waals surface area contributed by atoms with Gasteiger partial charge in [-0.05, 0) is 38.8 Å². The lowest BCUT2D eigenvalue weighted by Crippen LogP contribution is -2.51. The highest BCUT2D eigenvalue weighted by Gasteiger charge is 2.29. The predicted octanol–water partition coefficient (Wildman–Crippen LogP) is 2.77. The summed E-state index contributed by atoms with van der Waals surface area (Å²) in [5, 5.41) is 11.0. The van der Waals surface area contributed by atoms with E-state index in [9.17, 15) is 19.7 Å². The molecule has 0 radical (unpaired) electrons. The molecule has 0 saturated carbocycles. The largest absolute Gasteiger partial charge is 0.444 e. The number of carbonyl (C=O) groups is 2. The lowest BCUT2D eigenvalue weighted by atomic mass is 10.1. The van der Waals surface area contributed by atoms with Crippen molar-refractivity contribution < 1.29 is 19.2 Å². The van der Waals surface area contributed by atoms with E-state index >= 15 is 0 Å². The minimum absolute atomic E-state index is 0.0643. The Hall–Kier alpha value is -3.76. The number of aromatic nitrogens is 2. The highest BCUT2D eigenvalue weighted by atomic mass is 16.6. The van der Waals surface area contributed by atoms with Crippen molar-refractivity contribution in [1.82, 2.24) is 19.8 Å². The number of nitrogens with zero attached hydrogens (tertiary/aromatic N) is 6. The van der Waals surface area contributed by atoms with Crippen molar-refractivity contribution in [3.8, 4) is 0 Å². The summed E-state index contributed by atoms with van der Waals surface area (Å²) >= 11 is 0. The van der Waals surface area contributed by atoms with Gasteiger partial charge in [-0.25, -0.2) is 14.8 Å². The van der Waals surface area contributed by atoms with Crippen molar-refractivity contribution in [2.24, 2.45) is 0 Å². The number of amides is 2. The fourth-order valence-electron chi connectivity index (χ4n) is 3.89. The number of hydrogen-bond donors (Lipinski definition) is 0. The van der Waals surface area contributed by atoms with Gasteiger partial charge in [0.05, 0.1) is 17.3 Å². The number of benzene rings is 1.